The third kappa shape index (κ3) is 3.97. The fraction of sp³-hybridized carbons (Fsp3) is 0.368. The van der Waals surface area contributed by atoms with Crippen LogP contribution in [0.25, 0.3) is 0 Å². The van der Waals surface area contributed by atoms with Gasteiger partial charge in [-0.25, -0.2) is 9.37 Å². The fourth-order valence-electron chi connectivity index (χ4n) is 2.95. The number of pyridine rings is 1. The van der Waals surface area contributed by atoms with Crippen molar-refractivity contribution in [1.29, 1.82) is 0 Å². The van der Waals surface area contributed by atoms with E-state index in [1.54, 1.807) is 6.07 Å². The van der Waals surface area contributed by atoms with E-state index in [1.165, 1.54) is 19.1 Å². The van der Waals surface area contributed by atoms with Crippen molar-refractivity contribution in [2.45, 2.75) is 32.3 Å². The van der Waals surface area contributed by atoms with Crippen LogP contribution in [-0.4, -0.2) is 23.9 Å². The molecule has 24 heavy (non-hydrogen) atoms. The molecule has 1 fully saturated rings. The number of hydrogen-bond acceptors (Lipinski definition) is 4. The summed E-state index contributed by atoms with van der Waals surface area (Å²) in [6, 6.07) is 10.3. The summed E-state index contributed by atoms with van der Waals surface area (Å²) >= 11 is 0. The number of carbonyl (C=O) groups is 1. The van der Waals surface area contributed by atoms with Crippen molar-refractivity contribution in [3.63, 3.8) is 0 Å². The Morgan fingerprint density at radius 3 is 2.79 bits per heavy atom. The quantitative estimate of drug-likeness (QED) is 0.854. The number of aromatic nitrogens is 1. The maximum absolute atomic E-state index is 13.8. The van der Waals surface area contributed by atoms with Crippen LogP contribution >= 0.6 is 0 Å². The van der Waals surface area contributed by atoms with Gasteiger partial charge < -0.3 is 10.1 Å². The molecule has 5 heteroatoms. The highest BCUT2D eigenvalue weighted by atomic mass is 19.1. The predicted octanol–water partition coefficient (Wildman–Crippen LogP) is 3.47. The van der Waals surface area contributed by atoms with Gasteiger partial charge in [-0.1, -0.05) is 12.1 Å². The highest BCUT2D eigenvalue weighted by Crippen LogP contribution is 2.25. The van der Waals surface area contributed by atoms with Crippen LogP contribution in [0.15, 0.2) is 36.4 Å². The molecule has 4 nitrogen and oxygen atoms in total. The first-order valence-electron chi connectivity index (χ1n) is 8.23. The lowest BCUT2D eigenvalue weighted by Gasteiger charge is -2.22. The van der Waals surface area contributed by atoms with Crippen LogP contribution in [0.3, 0.4) is 0 Å². The van der Waals surface area contributed by atoms with Gasteiger partial charge in [0.2, 0.25) is 5.88 Å². The van der Waals surface area contributed by atoms with E-state index in [0.717, 1.165) is 31.6 Å². The minimum absolute atomic E-state index is 0.102. The molecule has 0 amide bonds. The van der Waals surface area contributed by atoms with Crippen LogP contribution in [-0.2, 0) is 6.61 Å². The number of hydrogen-bond donors (Lipinski definition) is 1. The molecular weight excluding hydrogens is 307 g/mol. The second kappa shape index (κ2) is 7.53. The van der Waals surface area contributed by atoms with Crippen LogP contribution in [0.4, 0.5) is 4.39 Å². The van der Waals surface area contributed by atoms with Gasteiger partial charge in [0, 0.05) is 17.7 Å². The second-order valence-corrected chi connectivity index (χ2v) is 6.08. The van der Waals surface area contributed by atoms with Crippen LogP contribution in [0.5, 0.6) is 5.88 Å². The topological polar surface area (TPSA) is 51.2 Å². The van der Waals surface area contributed by atoms with E-state index in [9.17, 15) is 9.18 Å². The molecule has 1 aromatic carbocycles. The number of ketones is 1. The van der Waals surface area contributed by atoms with E-state index in [-0.39, 0.29) is 18.0 Å². The molecule has 0 unspecified atom stereocenters. The molecule has 0 saturated carbocycles. The molecule has 1 aromatic heterocycles. The van der Waals surface area contributed by atoms with E-state index in [2.05, 4.69) is 10.3 Å². The largest absolute Gasteiger partial charge is 0.473 e. The second-order valence-electron chi connectivity index (χ2n) is 6.08. The van der Waals surface area contributed by atoms with Gasteiger partial charge in [0.25, 0.3) is 0 Å². The van der Waals surface area contributed by atoms with E-state index in [4.69, 9.17) is 4.74 Å². The maximum atomic E-state index is 13.8. The minimum atomic E-state index is -0.514. The summed E-state index contributed by atoms with van der Waals surface area (Å²) in [4.78, 5) is 15.8. The van der Waals surface area contributed by atoms with Crippen molar-refractivity contribution in [3.05, 3.63) is 59.0 Å². The summed E-state index contributed by atoms with van der Waals surface area (Å²) in [5, 5.41) is 3.34. The van der Waals surface area contributed by atoms with Gasteiger partial charge in [0.15, 0.2) is 5.78 Å². The Morgan fingerprint density at radius 2 is 2.08 bits per heavy atom. The van der Waals surface area contributed by atoms with Gasteiger partial charge in [-0.3, -0.25) is 4.79 Å². The zero-order chi connectivity index (χ0) is 16.9. The lowest BCUT2D eigenvalue weighted by molar-refractivity contribution is 0.101. The Balaban J connectivity index is 1.66. The molecule has 0 bridgehead atoms. The van der Waals surface area contributed by atoms with E-state index in [0.29, 0.717) is 17.4 Å². The van der Waals surface area contributed by atoms with Crippen LogP contribution in [0.2, 0.25) is 0 Å². The summed E-state index contributed by atoms with van der Waals surface area (Å²) in [6.07, 6.45) is 2.16. The van der Waals surface area contributed by atoms with E-state index < -0.39 is 5.82 Å². The lowest BCUT2D eigenvalue weighted by atomic mass is 9.94. The summed E-state index contributed by atoms with van der Waals surface area (Å²) in [7, 11) is 0. The van der Waals surface area contributed by atoms with Crippen molar-refractivity contribution in [2.24, 2.45) is 0 Å². The Morgan fingerprint density at radius 1 is 1.29 bits per heavy atom. The molecule has 1 saturated heterocycles. The van der Waals surface area contributed by atoms with E-state index in [1.807, 2.05) is 18.2 Å². The first-order valence-corrected chi connectivity index (χ1v) is 8.23. The maximum Gasteiger partial charge on any atom is 0.213 e. The number of nitrogens with zero attached hydrogens (tertiary/aromatic N) is 1. The van der Waals surface area contributed by atoms with Gasteiger partial charge in [-0.2, -0.15) is 0 Å². The number of piperidine rings is 1. The number of ether oxygens (including phenoxy) is 1. The van der Waals surface area contributed by atoms with Gasteiger partial charge in [-0.05, 0) is 56.6 Å². The lowest BCUT2D eigenvalue weighted by Crippen LogP contribution is -2.27. The van der Waals surface area contributed by atoms with Gasteiger partial charge in [-0.15, -0.1) is 0 Å². The van der Waals surface area contributed by atoms with Crippen molar-refractivity contribution in [1.82, 2.24) is 10.3 Å². The average Bonchev–Trinajstić information content (AvgIpc) is 2.61. The third-order valence-corrected chi connectivity index (χ3v) is 4.30. The smallest absolute Gasteiger partial charge is 0.213 e. The van der Waals surface area contributed by atoms with Crippen LogP contribution in [0.1, 0.15) is 47.3 Å². The van der Waals surface area contributed by atoms with Crippen molar-refractivity contribution >= 4 is 5.78 Å². The Hall–Kier alpha value is -2.27. The predicted molar refractivity (Wildman–Crippen MR) is 89.8 cm³/mol. The highest BCUT2D eigenvalue weighted by Gasteiger charge is 2.17. The Bertz CT molecular complexity index is 727. The number of benzene rings is 1. The van der Waals surface area contributed by atoms with Crippen LogP contribution < -0.4 is 10.1 Å². The third-order valence-electron chi connectivity index (χ3n) is 4.30. The molecule has 2 aromatic rings. The highest BCUT2D eigenvalue weighted by molar-refractivity contribution is 5.94. The Labute approximate surface area is 141 Å². The molecule has 0 atom stereocenters. The molecule has 1 aliphatic rings. The normalized spacial score (nSPS) is 15.2. The zero-order valence-corrected chi connectivity index (χ0v) is 13.7. The van der Waals surface area contributed by atoms with Gasteiger partial charge >= 0.3 is 0 Å². The van der Waals surface area contributed by atoms with Crippen molar-refractivity contribution in [2.75, 3.05) is 13.1 Å². The number of nitrogens with one attached hydrogen (secondary N) is 1. The molecular formula is C19H21FN2O2. The van der Waals surface area contributed by atoms with Crippen LogP contribution in [0, 0.1) is 5.82 Å². The average molecular weight is 328 g/mol. The first-order chi connectivity index (χ1) is 11.6. The molecule has 0 spiro atoms. The summed E-state index contributed by atoms with van der Waals surface area (Å²) in [5.41, 5.74) is 1.82. The molecule has 0 aliphatic carbocycles. The SMILES string of the molecule is CC(=O)c1ccc(COc2cccc(C3CCNCC3)n2)cc1F. The Kier molecular flexibility index (Phi) is 5.20. The number of Topliss-reactive ketones (excluding diaryl/α,β-unsaturated/α-hetero) is 1. The molecule has 1 N–H and O–H groups in total. The zero-order valence-electron chi connectivity index (χ0n) is 13.7. The molecule has 0 radical (unpaired) electrons. The first kappa shape index (κ1) is 16.6. The minimum Gasteiger partial charge on any atom is -0.473 e. The summed E-state index contributed by atoms with van der Waals surface area (Å²) in [6.45, 7) is 3.60. The fourth-order valence-corrected chi connectivity index (χ4v) is 2.95. The summed E-state index contributed by atoms with van der Waals surface area (Å²) in [5.74, 6) is 0.209. The standard InChI is InChI=1S/C19H21FN2O2/c1-13(23)16-6-5-14(11-17(16)20)12-24-19-4-2-3-18(22-19)15-7-9-21-10-8-15/h2-6,11,15,21H,7-10,12H2,1H3. The molecule has 3 rings (SSSR count). The molecule has 2 heterocycles. The summed E-state index contributed by atoms with van der Waals surface area (Å²) < 4.78 is 19.5. The number of rotatable bonds is 5. The van der Waals surface area contributed by atoms with Crippen molar-refractivity contribution < 1.29 is 13.9 Å². The number of carbonyl (C=O) groups excluding carboxylic acids is 1. The monoisotopic (exact) mass is 328 g/mol. The molecule has 1 aliphatic heterocycles. The van der Waals surface area contributed by atoms with Gasteiger partial charge in [0.05, 0.1) is 5.56 Å². The van der Waals surface area contributed by atoms with Crippen molar-refractivity contribution in [3.8, 4) is 5.88 Å². The van der Waals surface area contributed by atoms with E-state index >= 15 is 0 Å². The van der Waals surface area contributed by atoms with Gasteiger partial charge in [0.1, 0.15) is 12.4 Å². The number of halogens is 1. The molecule has 126 valence electrons.